The summed E-state index contributed by atoms with van der Waals surface area (Å²) >= 11 is 5.97. The molecule has 0 atom stereocenters. The molecule has 0 spiro atoms. The Hall–Kier alpha value is -3.07. The predicted molar refractivity (Wildman–Crippen MR) is 138 cm³/mol. The lowest BCUT2D eigenvalue weighted by atomic mass is 10.1. The maximum Gasteiger partial charge on any atom is 0.422 e. The van der Waals surface area contributed by atoms with Crippen LogP contribution in [0.2, 0.25) is 5.02 Å². The zero-order chi connectivity index (χ0) is 28.9. The molecule has 0 aliphatic heterocycles. The van der Waals surface area contributed by atoms with Gasteiger partial charge in [0.05, 0.1) is 12.2 Å². The largest absolute Gasteiger partial charge is 0.491 e. The Labute approximate surface area is 229 Å². The molecule has 0 aliphatic carbocycles. The Bertz CT molecular complexity index is 1230. The van der Waals surface area contributed by atoms with Crippen LogP contribution < -0.4 is 18.9 Å². The average Bonchev–Trinajstić information content (AvgIpc) is 2.86. The SMILES string of the molecule is CCCCCNS(=O)(=O)NC(=O)OCC=Cc1ccc(OCCOC)cc1Oc1ncc(C(F)(F)F)cc1Cl. The number of ether oxygens (including phenoxy) is 4. The summed E-state index contributed by atoms with van der Waals surface area (Å²) in [5.74, 6) is 0.216. The molecule has 39 heavy (non-hydrogen) atoms. The van der Waals surface area contributed by atoms with Crippen molar-refractivity contribution in [3.8, 4) is 17.4 Å². The van der Waals surface area contributed by atoms with E-state index in [9.17, 15) is 26.4 Å². The van der Waals surface area contributed by atoms with E-state index in [0.717, 1.165) is 12.8 Å². The predicted octanol–water partition coefficient (Wildman–Crippen LogP) is 5.34. The molecular formula is C24H29ClF3N3O7S. The van der Waals surface area contributed by atoms with Crippen molar-refractivity contribution in [1.82, 2.24) is 14.4 Å². The van der Waals surface area contributed by atoms with Gasteiger partial charge in [0.15, 0.2) is 0 Å². The third-order valence-electron chi connectivity index (χ3n) is 4.78. The number of methoxy groups -OCH3 is 1. The van der Waals surface area contributed by atoms with Gasteiger partial charge in [-0.3, -0.25) is 0 Å². The second-order valence-corrected chi connectivity index (χ2v) is 9.77. The molecule has 10 nitrogen and oxygen atoms in total. The molecule has 2 rings (SSSR count). The van der Waals surface area contributed by atoms with Crippen molar-refractivity contribution in [3.05, 3.63) is 52.7 Å². The van der Waals surface area contributed by atoms with Crippen LogP contribution in [0.5, 0.6) is 17.4 Å². The summed E-state index contributed by atoms with van der Waals surface area (Å²) < 4.78 is 87.5. The number of unbranched alkanes of at least 4 members (excludes halogenated alkanes) is 2. The molecule has 1 aromatic heterocycles. The van der Waals surface area contributed by atoms with Crippen LogP contribution in [0.15, 0.2) is 36.5 Å². The molecule has 0 saturated carbocycles. The average molecular weight is 596 g/mol. The minimum atomic E-state index is -4.63. The first-order valence-corrected chi connectivity index (χ1v) is 13.6. The van der Waals surface area contributed by atoms with Crippen molar-refractivity contribution in [1.29, 1.82) is 0 Å². The summed E-state index contributed by atoms with van der Waals surface area (Å²) in [5.41, 5.74) is -0.633. The minimum Gasteiger partial charge on any atom is -0.491 e. The molecule has 0 radical (unpaired) electrons. The zero-order valence-corrected chi connectivity index (χ0v) is 22.8. The highest BCUT2D eigenvalue weighted by Gasteiger charge is 2.32. The molecule has 216 valence electrons. The van der Waals surface area contributed by atoms with Gasteiger partial charge in [-0.05, 0) is 30.7 Å². The summed E-state index contributed by atoms with van der Waals surface area (Å²) in [6.45, 7) is 2.39. The Morgan fingerprint density at radius 1 is 1.18 bits per heavy atom. The molecule has 2 N–H and O–H groups in total. The third-order valence-corrected chi connectivity index (χ3v) is 6.07. The van der Waals surface area contributed by atoms with E-state index in [1.54, 1.807) is 16.9 Å². The monoisotopic (exact) mass is 595 g/mol. The number of aromatic nitrogens is 1. The van der Waals surface area contributed by atoms with Crippen LogP contribution in [0.4, 0.5) is 18.0 Å². The highest BCUT2D eigenvalue weighted by atomic mass is 35.5. The molecule has 0 saturated heterocycles. The van der Waals surface area contributed by atoms with Crippen LogP contribution in [-0.2, 0) is 25.9 Å². The molecule has 1 amide bonds. The molecule has 0 fully saturated rings. The maximum atomic E-state index is 12.9. The molecular weight excluding hydrogens is 567 g/mol. The Kier molecular flexibility index (Phi) is 12.8. The van der Waals surface area contributed by atoms with Gasteiger partial charge in [-0.25, -0.2) is 14.5 Å². The number of halogens is 4. The van der Waals surface area contributed by atoms with Crippen LogP contribution in [0.1, 0.15) is 37.3 Å². The number of hydrogen-bond donors (Lipinski definition) is 2. The van der Waals surface area contributed by atoms with E-state index in [1.807, 2.05) is 6.92 Å². The Balaban J connectivity index is 2.10. The van der Waals surface area contributed by atoms with E-state index in [1.165, 1.54) is 25.3 Å². The maximum absolute atomic E-state index is 12.9. The van der Waals surface area contributed by atoms with E-state index in [0.29, 0.717) is 36.6 Å². The van der Waals surface area contributed by atoms with E-state index in [2.05, 4.69) is 9.71 Å². The van der Waals surface area contributed by atoms with Gasteiger partial charge in [0.25, 0.3) is 0 Å². The molecule has 2 aromatic rings. The zero-order valence-electron chi connectivity index (χ0n) is 21.2. The summed E-state index contributed by atoms with van der Waals surface area (Å²) in [6.07, 6.45) is 0.0420. The molecule has 1 heterocycles. The second kappa shape index (κ2) is 15.5. The highest BCUT2D eigenvalue weighted by Crippen LogP contribution is 2.36. The lowest BCUT2D eigenvalue weighted by molar-refractivity contribution is -0.137. The summed E-state index contributed by atoms with van der Waals surface area (Å²) in [7, 11) is -2.55. The van der Waals surface area contributed by atoms with Crippen molar-refractivity contribution in [2.24, 2.45) is 0 Å². The van der Waals surface area contributed by atoms with E-state index < -0.39 is 28.0 Å². The van der Waals surface area contributed by atoms with Crippen LogP contribution in [-0.4, -0.2) is 53.0 Å². The van der Waals surface area contributed by atoms with Crippen molar-refractivity contribution in [3.63, 3.8) is 0 Å². The van der Waals surface area contributed by atoms with Crippen LogP contribution >= 0.6 is 11.6 Å². The van der Waals surface area contributed by atoms with Gasteiger partial charge in [0.1, 0.15) is 29.7 Å². The standard InChI is InChI=1S/C24H29ClF3N3O7S/c1-3-4-5-10-30-39(33,34)31-23(32)37-11-6-7-17-8-9-19(36-13-12-35-2)15-21(17)38-22-20(25)14-18(16-29-22)24(26,27)28/h6-9,14-16,30H,3-5,10-13H2,1-2H3,(H,31,32). The number of benzene rings is 1. The summed E-state index contributed by atoms with van der Waals surface area (Å²) in [4.78, 5) is 15.5. The Morgan fingerprint density at radius 3 is 2.62 bits per heavy atom. The van der Waals surface area contributed by atoms with Gasteiger partial charge in [-0.1, -0.05) is 37.4 Å². The first-order chi connectivity index (χ1) is 18.4. The molecule has 0 bridgehead atoms. The number of pyridine rings is 1. The van der Waals surface area contributed by atoms with Gasteiger partial charge < -0.3 is 18.9 Å². The number of nitrogens with one attached hydrogen (secondary N) is 2. The Morgan fingerprint density at radius 2 is 1.95 bits per heavy atom. The first-order valence-electron chi connectivity index (χ1n) is 11.7. The summed E-state index contributed by atoms with van der Waals surface area (Å²) in [5, 5.41) is -0.366. The highest BCUT2D eigenvalue weighted by molar-refractivity contribution is 7.88. The number of nitrogens with zero attached hydrogens (tertiary/aromatic N) is 1. The van der Waals surface area contributed by atoms with Crippen LogP contribution in [0.3, 0.4) is 0 Å². The first kappa shape index (κ1) is 32.1. The second-order valence-electron chi connectivity index (χ2n) is 7.86. The van der Waals surface area contributed by atoms with Gasteiger partial charge >= 0.3 is 22.5 Å². The van der Waals surface area contributed by atoms with Gasteiger partial charge in [-0.2, -0.15) is 26.3 Å². The molecule has 15 heteroatoms. The summed E-state index contributed by atoms with van der Waals surface area (Å²) in [6, 6.07) is 5.35. The topological polar surface area (TPSA) is 125 Å². The van der Waals surface area contributed by atoms with Gasteiger partial charge in [0, 0.05) is 31.5 Å². The van der Waals surface area contributed by atoms with Crippen molar-refractivity contribution in [2.75, 3.05) is 33.5 Å². The number of carbonyl (C=O) groups excluding carboxylic acids is 1. The van der Waals surface area contributed by atoms with Crippen molar-refractivity contribution in [2.45, 2.75) is 32.4 Å². The number of carbonyl (C=O) groups is 1. The lowest BCUT2D eigenvalue weighted by Crippen LogP contribution is -2.40. The molecule has 1 aromatic carbocycles. The van der Waals surface area contributed by atoms with Crippen molar-refractivity contribution >= 4 is 34.0 Å². The fourth-order valence-electron chi connectivity index (χ4n) is 2.89. The fraction of sp³-hybridized carbons (Fsp3) is 0.417. The number of amides is 1. The smallest absolute Gasteiger partial charge is 0.422 e. The molecule has 0 aliphatic rings. The van der Waals surface area contributed by atoms with E-state index in [-0.39, 0.29) is 36.4 Å². The van der Waals surface area contributed by atoms with Crippen LogP contribution in [0.25, 0.3) is 6.08 Å². The normalized spacial score (nSPS) is 11.9. The van der Waals surface area contributed by atoms with Gasteiger partial charge in [0.2, 0.25) is 5.88 Å². The van der Waals surface area contributed by atoms with E-state index >= 15 is 0 Å². The van der Waals surface area contributed by atoms with Crippen LogP contribution in [0, 0.1) is 0 Å². The number of alkyl halides is 3. The quantitative estimate of drug-likeness (QED) is 0.265. The van der Waals surface area contributed by atoms with E-state index in [4.69, 9.17) is 30.5 Å². The molecule has 0 unspecified atom stereocenters. The number of hydrogen-bond acceptors (Lipinski definition) is 8. The lowest BCUT2D eigenvalue weighted by Gasteiger charge is -2.13. The van der Waals surface area contributed by atoms with Gasteiger partial charge in [-0.15, -0.1) is 0 Å². The number of rotatable bonds is 15. The minimum absolute atomic E-state index is 0.124. The fourth-order valence-corrected chi connectivity index (χ4v) is 3.86. The van der Waals surface area contributed by atoms with Crippen molar-refractivity contribution < 1.29 is 45.3 Å². The third kappa shape index (κ3) is 11.7.